The second-order valence-corrected chi connectivity index (χ2v) is 1.94. The number of ether oxygens (including phenoxy) is 1. The van der Waals surface area contributed by atoms with E-state index in [0.717, 1.165) is 12.2 Å². The minimum absolute atomic E-state index is 0. The van der Waals surface area contributed by atoms with E-state index in [1.807, 2.05) is 24.3 Å². The Kier molecular flexibility index (Phi) is 12.6. The molecular formula is C9H10OWY-2. The van der Waals surface area contributed by atoms with Gasteiger partial charge in [-0.25, -0.2) is 0 Å². The van der Waals surface area contributed by atoms with Gasteiger partial charge in [-0.05, 0) is 0 Å². The Balaban J connectivity index is 0. The van der Waals surface area contributed by atoms with Gasteiger partial charge in [0, 0.05) is 66.1 Å². The summed E-state index contributed by atoms with van der Waals surface area (Å²) in [4.78, 5) is 0. The molecule has 3 heteroatoms. The molecule has 0 N–H and O–H groups in total. The van der Waals surface area contributed by atoms with Crippen molar-refractivity contribution in [3.63, 3.8) is 0 Å². The third kappa shape index (κ3) is 6.34. The van der Waals surface area contributed by atoms with Crippen LogP contribution in [-0.4, -0.2) is 6.61 Å². The summed E-state index contributed by atoms with van der Waals surface area (Å²) in [5, 5.41) is 0. The minimum Gasteiger partial charge on any atom is -0.554 e. The van der Waals surface area contributed by atoms with Gasteiger partial charge in [0.05, 0.1) is 0 Å². The maximum absolute atomic E-state index is 5.26. The second-order valence-electron chi connectivity index (χ2n) is 1.94. The SMILES string of the molecule is [CH2-]CCOc1c[c-]ccc1.[W].[Y]. The molecule has 0 saturated carbocycles. The Bertz CT molecular complexity index is 179. The van der Waals surface area contributed by atoms with E-state index in [2.05, 4.69) is 13.0 Å². The van der Waals surface area contributed by atoms with Crippen molar-refractivity contribution in [1.82, 2.24) is 0 Å². The van der Waals surface area contributed by atoms with Crippen LogP contribution in [0.15, 0.2) is 24.3 Å². The molecule has 0 atom stereocenters. The monoisotopic (exact) mass is 407 g/mol. The van der Waals surface area contributed by atoms with E-state index in [1.165, 1.54) is 0 Å². The molecule has 0 aliphatic rings. The van der Waals surface area contributed by atoms with Crippen LogP contribution in [0.5, 0.6) is 5.75 Å². The average Bonchev–Trinajstić information content (AvgIpc) is 2.03. The van der Waals surface area contributed by atoms with Crippen LogP contribution >= 0.6 is 0 Å². The molecule has 0 aliphatic heterocycles. The van der Waals surface area contributed by atoms with Gasteiger partial charge < -0.3 is 11.7 Å². The second kappa shape index (κ2) is 9.90. The number of hydrogen-bond acceptors (Lipinski definition) is 1. The van der Waals surface area contributed by atoms with Crippen molar-refractivity contribution in [2.75, 3.05) is 6.61 Å². The molecule has 0 unspecified atom stereocenters. The van der Waals surface area contributed by atoms with E-state index in [0.29, 0.717) is 6.61 Å². The third-order valence-electron chi connectivity index (χ3n) is 1.09. The van der Waals surface area contributed by atoms with Crippen LogP contribution in [-0.2, 0) is 53.8 Å². The molecule has 0 bridgehead atoms. The Labute approximate surface area is 113 Å². The van der Waals surface area contributed by atoms with E-state index >= 15 is 0 Å². The molecule has 0 saturated heterocycles. The Morgan fingerprint density at radius 1 is 1.50 bits per heavy atom. The maximum atomic E-state index is 5.26. The van der Waals surface area contributed by atoms with Gasteiger partial charge in [0.25, 0.3) is 0 Å². The zero-order chi connectivity index (χ0) is 7.23. The Hall–Kier alpha value is 0.812. The predicted octanol–water partition coefficient (Wildman–Crippen LogP) is 2.08. The zero-order valence-corrected chi connectivity index (χ0v) is 12.6. The summed E-state index contributed by atoms with van der Waals surface area (Å²) in [6.45, 7) is 4.34. The molecule has 1 aromatic rings. The Morgan fingerprint density at radius 2 is 2.25 bits per heavy atom. The summed E-state index contributed by atoms with van der Waals surface area (Å²) < 4.78 is 5.26. The van der Waals surface area contributed by atoms with Crippen molar-refractivity contribution >= 4 is 0 Å². The smallest absolute Gasteiger partial charge is 0.0443 e. The third-order valence-corrected chi connectivity index (χ3v) is 1.09. The normalized spacial score (nSPS) is 7.75. The van der Waals surface area contributed by atoms with Gasteiger partial charge >= 0.3 is 0 Å². The maximum Gasteiger partial charge on any atom is 0.0443 e. The first-order chi connectivity index (χ1) is 4.93. The van der Waals surface area contributed by atoms with Gasteiger partial charge in [0.15, 0.2) is 0 Å². The molecule has 0 heterocycles. The fraction of sp³-hybridized carbons (Fsp3) is 0.222. The molecule has 1 rings (SSSR count). The van der Waals surface area contributed by atoms with E-state index in [9.17, 15) is 0 Å². The molecule has 1 radical (unpaired) electrons. The van der Waals surface area contributed by atoms with Gasteiger partial charge in [-0.15, -0.1) is 18.6 Å². The molecule has 12 heavy (non-hydrogen) atoms. The summed E-state index contributed by atoms with van der Waals surface area (Å²) >= 11 is 0. The van der Waals surface area contributed by atoms with Crippen molar-refractivity contribution in [2.45, 2.75) is 6.42 Å². The first-order valence-corrected chi connectivity index (χ1v) is 3.31. The van der Waals surface area contributed by atoms with Crippen molar-refractivity contribution < 1.29 is 58.5 Å². The predicted molar refractivity (Wildman–Crippen MR) is 40.7 cm³/mol. The van der Waals surface area contributed by atoms with E-state index in [1.54, 1.807) is 0 Å². The van der Waals surface area contributed by atoms with Crippen molar-refractivity contribution in [3.05, 3.63) is 37.3 Å². The van der Waals surface area contributed by atoms with Crippen LogP contribution in [0.25, 0.3) is 0 Å². The van der Waals surface area contributed by atoms with Crippen LogP contribution in [0.2, 0.25) is 0 Å². The molecule has 0 amide bonds. The summed E-state index contributed by atoms with van der Waals surface area (Å²) in [7, 11) is 0. The molecule has 1 aromatic carbocycles. The molecule has 63 valence electrons. The molecular weight excluding hydrogens is 397 g/mol. The standard InChI is InChI=1S/C9H10O.W.Y/c1-2-8-10-9-6-4-3-5-7-9;;/h3-4,6-7H,1-2,8H2;;/q-2;;. The summed E-state index contributed by atoms with van der Waals surface area (Å²) in [5.41, 5.74) is 0. The van der Waals surface area contributed by atoms with Crippen molar-refractivity contribution in [3.8, 4) is 5.75 Å². The van der Waals surface area contributed by atoms with Gasteiger partial charge in [0.1, 0.15) is 0 Å². The van der Waals surface area contributed by atoms with Gasteiger partial charge in [-0.1, -0.05) is 0 Å². The van der Waals surface area contributed by atoms with E-state index < -0.39 is 0 Å². The number of hydrogen-bond donors (Lipinski definition) is 0. The number of rotatable bonds is 3. The number of benzene rings is 1. The van der Waals surface area contributed by atoms with Crippen LogP contribution in [0.1, 0.15) is 6.42 Å². The van der Waals surface area contributed by atoms with Crippen molar-refractivity contribution in [1.29, 1.82) is 0 Å². The molecule has 0 spiro atoms. The first-order valence-electron chi connectivity index (χ1n) is 3.31. The minimum atomic E-state index is 0. The molecule has 0 aliphatic carbocycles. The average molecular weight is 407 g/mol. The first kappa shape index (κ1) is 15.3. The van der Waals surface area contributed by atoms with Crippen LogP contribution in [0.4, 0.5) is 0 Å². The van der Waals surface area contributed by atoms with Crippen LogP contribution in [0, 0.1) is 13.0 Å². The van der Waals surface area contributed by atoms with E-state index in [4.69, 9.17) is 4.74 Å². The van der Waals surface area contributed by atoms with E-state index in [-0.39, 0.29) is 53.8 Å². The molecule has 0 aromatic heterocycles. The fourth-order valence-corrected chi connectivity index (χ4v) is 0.657. The van der Waals surface area contributed by atoms with Gasteiger partial charge in [0.2, 0.25) is 0 Å². The van der Waals surface area contributed by atoms with Gasteiger partial charge in [-0.2, -0.15) is 18.2 Å². The largest absolute Gasteiger partial charge is 0.554 e. The summed E-state index contributed by atoms with van der Waals surface area (Å²) in [6, 6.07) is 10.4. The van der Waals surface area contributed by atoms with Crippen LogP contribution in [0.3, 0.4) is 0 Å². The topological polar surface area (TPSA) is 9.23 Å². The zero-order valence-electron chi connectivity index (χ0n) is 6.82. The Morgan fingerprint density at radius 3 is 2.75 bits per heavy atom. The van der Waals surface area contributed by atoms with Crippen LogP contribution < -0.4 is 4.74 Å². The van der Waals surface area contributed by atoms with Gasteiger partial charge in [-0.3, -0.25) is 0 Å². The molecule has 0 fully saturated rings. The van der Waals surface area contributed by atoms with Crippen molar-refractivity contribution in [2.24, 2.45) is 0 Å². The summed E-state index contributed by atoms with van der Waals surface area (Å²) in [5.74, 6) is 0.867. The molecule has 1 nitrogen and oxygen atoms in total. The quantitative estimate of drug-likeness (QED) is 0.698. The summed E-state index contributed by atoms with van der Waals surface area (Å²) in [6.07, 6.45) is 0.800. The fourth-order valence-electron chi connectivity index (χ4n) is 0.657.